The van der Waals surface area contributed by atoms with Crippen LogP contribution in [-0.2, 0) is 13.2 Å². The fourth-order valence-electron chi connectivity index (χ4n) is 3.39. The highest BCUT2D eigenvalue weighted by Gasteiger charge is 2.07. The van der Waals surface area contributed by atoms with Gasteiger partial charge in [0, 0.05) is 39.3 Å². The van der Waals surface area contributed by atoms with Crippen molar-refractivity contribution in [2.45, 2.75) is 13.2 Å². The molecule has 0 aliphatic heterocycles. The van der Waals surface area contributed by atoms with Gasteiger partial charge in [-0.2, -0.15) is 0 Å². The molecule has 0 saturated carbocycles. The minimum absolute atomic E-state index is 0.512. The summed E-state index contributed by atoms with van der Waals surface area (Å²) in [5, 5.41) is 0. The zero-order valence-electron chi connectivity index (χ0n) is 19.7. The quantitative estimate of drug-likeness (QED) is 0.310. The summed E-state index contributed by atoms with van der Waals surface area (Å²) in [7, 11) is 4.13. The molecule has 0 N–H and O–H groups in total. The number of aromatic nitrogens is 2. The molecule has 2 aromatic carbocycles. The first-order valence-electron chi connectivity index (χ1n) is 11.4. The number of rotatable bonds is 11. The highest BCUT2D eigenvalue weighted by atomic mass is 16.5. The number of hydrogen-bond acceptors (Lipinski definition) is 6. The van der Waals surface area contributed by atoms with Gasteiger partial charge in [0.15, 0.2) is 0 Å². The Bertz CT molecular complexity index is 1030. The molecule has 6 heteroatoms. The van der Waals surface area contributed by atoms with Crippen LogP contribution in [0.1, 0.15) is 11.1 Å². The van der Waals surface area contributed by atoms with Crippen LogP contribution in [0.3, 0.4) is 0 Å². The minimum atomic E-state index is 0.512. The predicted molar refractivity (Wildman–Crippen MR) is 137 cm³/mol. The Labute approximate surface area is 201 Å². The third-order valence-corrected chi connectivity index (χ3v) is 5.55. The molecule has 4 aromatic rings. The molecule has 2 heterocycles. The molecule has 0 spiro atoms. The maximum atomic E-state index is 5.78. The SMILES string of the molecule is CN(CCN(C)c1ccc(OCc2ccccc2)nc1)c1ccc(OCc2ccccc2)nc1. The molecule has 34 heavy (non-hydrogen) atoms. The van der Waals surface area contributed by atoms with Crippen molar-refractivity contribution in [3.8, 4) is 11.8 Å². The third-order valence-electron chi connectivity index (χ3n) is 5.55. The Balaban J connectivity index is 1.22. The highest BCUT2D eigenvalue weighted by Crippen LogP contribution is 2.18. The lowest BCUT2D eigenvalue weighted by Gasteiger charge is -2.24. The second-order valence-corrected chi connectivity index (χ2v) is 8.10. The van der Waals surface area contributed by atoms with Crippen LogP contribution in [0, 0.1) is 0 Å². The standard InChI is InChI=1S/C28H30N4O2/c1-31(25-13-15-27(29-19-25)33-21-23-9-5-3-6-10-23)17-18-32(2)26-14-16-28(30-20-26)34-22-24-11-7-4-8-12-24/h3-16,19-20H,17-18,21-22H2,1-2H3. The molecule has 0 aliphatic rings. The van der Waals surface area contributed by atoms with Gasteiger partial charge >= 0.3 is 0 Å². The Morgan fingerprint density at radius 1 is 0.559 bits per heavy atom. The van der Waals surface area contributed by atoms with Crippen LogP contribution in [0.15, 0.2) is 97.3 Å². The third kappa shape index (κ3) is 6.72. The number of hydrogen-bond donors (Lipinski definition) is 0. The van der Waals surface area contributed by atoms with E-state index in [2.05, 4.69) is 33.9 Å². The zero-order chi connectivity index (χ0) is 23.6. The first-order chi connectivity index (χ1) is 16.7. The molecular formula is C28H30N4O2. The van der Waals surface area contributed by atoms with Crippen LogP contribution < -0.4 is 19.3 Å². The van der Waals surface area contributed by atoms with Crippen LogP contribution >= 0.6 is 0 Å². The van der Waals surface area contributed by atoms with Crippen LogP contribution in [0.4, 0.5) is 11.4 Å². The second-order valence-electron chi connectivity index (χ2n) is 8.10. The van der Waals surface area contributed by atoms with Gasteiger partial charge < -0.3 is 19.3 Å². The van der Waals surface area contributed by atoms with E-state index in [9.17, 15) is 0 Å². The Kier molecular flexibility index (Phi) is 7.95. The number of anilines is 2. The van der Waals surface area contributed by atoms with E-state index in [4.69, 9.17) is 9.47 Å². The first-order valence-corrected chi connectivity index (χ1v) is 11.4. The number of ether oxygens (including phenoxy) is 2. The molecule has 0 fully saturated rings. The molecule has 0 saturated heterocycles. The van der Waals surface area contributed by atoms with Crippen molar-refractivity contribution in [3.63, 3.8) is 0 Å². The molecular weight excluding hydrogens is 424 g/mol. The monoisotopic (exact) mass is 454 g/mol. The highest BCUT2D eigenvalue weighted by molar-refractivity contribution is 5.47. The smallest absolute Gasteiger partial charge is 0.213 e. The topological polar surface area (TPSA) is 50.7 Å². The summed E-state index contributed by atoms with van der Waals surface area (Å²) < 4.78 is 11.6. The van der Waals surface area contributed by atoms with E-state index in [1.807, 2.05) is 97.3 Å². The van der Waals surface area contributed by atoms with Crippen LogP contribution in [0.25, 0.3) is 0 Å². The molecule has 0 unspecified atom stereocenters. The summed E-state index contributed by atoms with van der Waals surface area (Å²) in [5.41, 5.74) is 4.34. The van der Waals surface area contributed by atoms with Crippen molar-refractivity contribution in [1.29, 1.82) is 0 Å². The normalized spacial score (nSPS) is 10.5. The molecule has 0 bridgehead atoms. The largest absolute Gasteiger partial charge is 0.473 e. The van der Waals surface area contributed by atoms with Crippen LogP contribution in [0.2, 0.25) is 0 Å². The van der Waals surface area contributed by atoms with Crippen molar-refractivity contribution in [3.05, 3.63) is 108 Å². The minimum Gasteiger partial charge on any atom is -0.473 e. The lowest BCUT2D eigenvalue weighted by molar-refractivity contribution is 0.294. The average molecular weight is 455 g/mol. The van der Waals surface area contributed by atoms with Gasteiger partial charge in [0.1, 0.15) is 13.2 Å². The summed E-state index contributed by atoms with van der Waals surface area (Å²) in [6.07, 6.45) is 3.70. The van der Waals surface area contributed by atoms with Gasteiger partial charge in [0.25, 0.3) is 0 Å². The van der Waals surface area contributed by atoms with E-state index in [1.54, 1.807) is 0 Å². The Morgan fingerprint density at radius 3 is 1.32 bits per heavy atom. The number of likely N-dealkylation sites (N-methyl/N-ethyl adjacent to an activating group) is 2. The number of nitrogens with zero attached hydrogens (tertiary/aromatic N) is 4. The summed E-state index contributed by atoms with van der Waals surface area (Å²) in [4.78, 5) is 13.2. The molecule has 0 aliphatic carbocycles. The summed E-state index contributed by atoms with van der Waals surface area (Å²) in [6.45, 7) is 2.71. The van der Waals surface area contributed by atoms with Crippen molar-refractivity contribution in [2.24, 2.45) is 0 Å². The Morgan fingerprint density at radius 2 is 0.971 bits per heavy atom. The summed E-state index contributed by atoms with van der Waals surface area (Å²) >= 11 is 0. The first kappa shape index (κ1) is 23.1. The molecule has 0 amide bonds. The fraction of sp³-hybridized carbons (Fsp3) is 0.214. The molecule has 6 nitrogen and oxygen atoms in total. The van der Waals surface area contributed by atoms with Crippen molar-refractivity contribution in [1.82, 2.24) is 9.97 Å². The van der Waals surface area contributed by atoms with Crippen LogP contribution in [0.5, 0.6) is 11.8 Å². The molecule has 174 valence electrons. The van der Waals surface area contributed by atoms with Gasteiger partial charge in [-0.25, -0.2) is 9.97 Å². The molecule has 0 atom stereocenters. The average Bonchev–Trinajstić information content (AvgIpc) is 2.91. The van der Waals surface area contributed by atoms with Gasteiger partial charge in [-0.15, -0.1) is 0 Å². The van der Waals surface area contributed by atoms with Crippen molar-refractivity contribution in [2.75, 3.05) is 37.0 Å². The van der Waals surface area contributed by atoms with Gasteiger partial charge in [-0.05, 0) is 23.3 Å². The Hall–Kier alpha value is -4.06. The second kappa shape index (κ2) is 11.7. The number of benzene rings is 2. The van der Waals surface area contributed by atoms with Gasteiger partial charge in [-0.1, -0.05) is 60.7 Å². The maximum absolute atomic E-state index is 5.78. The van der Waals surface area contributed by atoms with E-state index < -0.39 is 0 Å². The zero-order valence-corrected chi connectivity index (χ0v) is 19.7. The summed E-state index contributed by atoms with van der Waals surface area (Å²) in [6, 6.07) is 28.1. The lowest BCUT2D eigenvalue weighted by Crippen LogP contribution is -2.30. The molecule has 2 aromatic heterocycles. The predicted octanol–water partition coefficient (Wildman–Crippen LogP) is 5.21. The lowest BCUT2D eigenvalue weighted by atomic mass is 10.2. The van der Waals surface area contributed by atoms with Gasteiger partial charge in [0.05, 0.1) is 23.8 Å². The van der Waals surface area contributed by atoms with E-state index in [0.717, 1.165) is 35.6 Å². The fourth-order valence-corrected chi connectivity index (χ4v) is 3.39. The van der Waals surface area contributed by atoms with Gasteiger partial charge in [-0.3, -0.25) is 0 Å². The van der Waals surface area contributed by atoms with Crippen molar-refractivity contribution >= 4 is 11.4 Å². The summed E-state index contributed by atoms with van der Waals surface area (Å²) in [5.74, 6) is 1.25. The van der Waals surface area contributed by atoms with Crippen molar-refractivity contribution < 1.29 is 9.47 Å². The van der Waals surface area contributed by atoms with Crippen LogP contribution in [-0.4, -0.2) is 37.2 Å². The molecule has 4 rings (SSSR count). The van der Waals surface area contributed by atoms with Gasteiger partial charge in [0.2, 0.25) is 11.8 Å². The molecule has 0 radical (unpaired) electrons. The van der Waals surface area contributed by atoms with E-state index in [-0.39, 0.29) is 0 Å². The van der Waals surface area contributed by atoms with E-state index in [1.165, 1.54) is 0 Å². The van der Waals surface area contributed by atoms with E-state index >= 15 is 0 Å². The maximum Gasteiger partial charge on any atom is 0.213 e. The number of pyridine rings is 2. The van der Waals surface area contributed by atoms with E-state index in [0.29, 0.717) is 25.0 Å².